The zero-order valence-electron chi connectivity index (χ0n) is 12.9. The maximum Gasteiger partial charge on any atom is 0.332 e. The van der Waals surface area contributed by atoms with Crippen LogP contribution in [0.5, 0.6) is 0 Å². The number of aromatic amines is 1. The summed E-state index contributed by atoms with van der Waals surface area (Å²) >= 11 is 0. The van der Waals surface area contributed by atoms with Gasteiger partial charge in [-0.15, -0.1) is 0 Å². The Labute approximate surface area is 133 Å². The number of hydrogen-bond donors (Lipinski definition) is 1. The van der Waals surface area contributed by atoms with Gasteiger partial charge in [0.05, 0.1) is 0 Å². The molecule has 0 amide bonds. The molecule has 4 aromatic rings. The van der Waals surface area contributed by atoms with Crippen molar-refractivity contribution < 1.29 is 4.42 Å². The van der Waals surface area contributed by atoms with Crippen LogP contribution in [0.2, 0.25) is 0 Å². The van der Waals surface area contributed by atoms with Gasteiger partial charge in [0.1, 0.15) is 11.0 Å². The highest BCUT2D eigenvalue weighted by Crippen LogP contribution is 2.22. The van der Waals surface area contributed by atoms with E-state index in [1.54, 1.807) is 12.1 Å². The molecule has 1 aromatic carbocycles. The second-order valence-electron chi connectivity index (χ2n) is 5.45. The van der Waals surface area contributed by atoms with Gasteiger partial charge >= 0.3 is 5.69 Å². The summed E-state index contributed by atoms with van der Waals surface area (Å²) in [6.45, 7) is 0. The first-order valence-electron chi connectivity index (χ1n) is 7.17. The number of pyridine rings is 1. The van der Waals surface area contributed by atoms with Crippen molar-refractivity contribution >= 4 is 22.3 Å². The molecule has 1 N–H and O–H groups in total. The van der Waals surface area contributed by atoms with Crippen molar-refractivity contribution in [1.82, 2.24) is 19.1 Å². The number of oxazole rings is 1. The third kappa shape index (κ3) is 1.79. The Kier molecular flexibility index (Phi) is 2.83. The van der Waals surface area contributed by atoms with Crippen LogP contribution in [0.3, 0.4) is 0 Å². The molecule has 4 rings (SSSR count). The molecule has 0 aliphatic carbocycles. The van der Waals surface area contributed by atoms with Crippen LogP contribution in [0.4, 0.5) is 0 Å². The largest absolute Gasteiger partial charge is 0.419 e. The van der Waals surface area contributed by atoms with E-state index >= 15 is 0 Å². The van der Waals surface area contributed by atoms with Gasteiger partial charge in [-0.3, -0.25) is 18.7 Å². The van der Waals surface area contributed by atoms with Crippen LogP contribution in [0.1, 0.15) is 0 Å². The second-order valence-corrected chi connectivity index (χ2v) is 5.45. The minimum atomic E-state index is -0.666. The molecule has 8 heteroatoms. The average Bonchev–Trinajstić information content (AvgIpc) is 3.03. The summed E-state index contributed by atoms with van der Waals surface area (Å²) in [5.41, 5.74) is -0.817. The van der Waals surface area contributed by atoms with Gasteiger partial charge < -0.3 is 9.40 Å². The number of nitrogens with one attached hydrogen (secondary N) is 1. The van der Waals surface area contributed by atoms with Crippen LogP contribution in [0, 0.1) is 0 Å². The molecule has 0 spiro atoms. The lowest BCUT2D eigenvalue weighted by molar-refractivity contribution is 0.607. The maximum absolute atomic E-state index is 12.7. The molecule has 0 saturated carbocycles. The number of hydrogen-bond acceptors (Lipinski definition) is 5. The third-order valence-electron chi connectivity index (χ3n) is 3.99. The quantitative estimate of drug-likeness (QED) is 0.556. The Balaban J connectivity index is 2.18. The Bertz CT molecular complexity index is 1280. The number of rotatable bonds is 1. The van der Waals surface area contributed by atoms with Crippen molar-refractivity contribution in [1.29, 1.82) is 0 Å². The fourth-order valence-corrected chi connectivity index (χ4v) is 2.68. The van der Waals surface area contributed by atoms with Crippen LogP contribution in [0.25, 0.3) is 33.7 Å². The first-order valence-corrected chi connectivity index (χ1v) is 7.17. The lowest BCUT2D eigenvalue weighted by Gasteiger charge is -2.05. The van der Waals surface area contributed by atoms with Gasteiger partial charge in [-0.05, 0) is 12.1 Å². The monoisotopic (exact) mass is 324 g/mol. The van der Waals surface area contributed by atoms with Gasteiger partial charge in [0.25, 0.3) is 5.56 Å². The van der Waals surface area contributed by atoms with E-state index in [0.29, 0.717) is 5.56 Å². The first kappa shape index (κ1) is 14.2. The van der Waals surface area contributed by atoms with E-state index in [1.807, 2.05) is 18.2 Å². The number of benzene rings is 1. The lowest BCUT2D eigenvalue weighted by atomic mass is 10.2. The van der Waals surface area contributed by atoms with Crippen molar-refractivity contribution in [3.8, 4) is 11.5 Å². The average molecular weight is 324 g/mol. The number of aryl methyl sites for hydroxylation is 1. The standard InChI is InChI=1S/C16H12N4O4/c1-19-12-9(15(22)20(2)16(19)23)11(21)10-14(18-12)24-13(17-10)8-6-4-3-5-7-8/h3-7H,1-2H3,(H,18,21). The summed E-state index contributed by atoms with van der Waals surface area (Å²) in [6.07, 6.45) is 0. The molecule has 3 heterocycles. The first-order chi connectivity index (χ1) is 11.5. The summed E-state index contributed by atoms with van der Waals surface area (Å²) in [5.74, 6) is 0.260. The van der Waals surface area contributed by atoms with E-state index in [4.69, 9.17) is 4.42 Å². The van der Waals surface area contributed by atoms with E-state index in [-0.39, 0.29) is 28.2 Å². The number of H-pyrrole nitrogens is 1. The minimum Gasteiger partial charge on any atom is -0.419 e. The highest BCUT2D eigenvalue weighted by molar-refractivity contribution is 5.86. The van der Waals surface area contributed by atoms with Gasteiger partial charge in [-0.2, -0.15) is 0 Å². The fourth-order valence-electron chi connectivity index (χ4n) is 2.68. The second kappa shape index (κ2) is 4.79. The summed E-state index contributed by atoms with van der Waals surface area (Å²) in [6, 6.07) is 9.09. The van der Waals surface area contributed by atoms with Crippen molar-refractivity contribution in [3.05, 3.63) is 61.4 Å². The van der Waals surface area contributed by atoms with E-state index in [2.05, 4.69) is 9.97 Å². The molecule has 0 saturated heterocycles. The number of nitrogens with zero attached hydrogens (tertiary/aromatic N) is 3. The molecule has 0 aliphatic rings. The van der Waals surface area contributed by atoms with Gasteiger partial charge in [0.15, 0.2) is 5.52 Å². The Morgan fingerprint density at radius 3 is 2.46 bits per heavy atom. The summed E-state index contributed by atoms with van der Waals surface area (Å²) in [7, 11) is 2.80. The van der Waals surface area contributed by atoms with Crippen LogP contribution < -0.4 is 16.7 Å². The number of fused-ring (bicyclic) bond motifs is 2. The summed E-state index contributed by atoms with van der Waals surface area (Å²) in [5, 5.41) is -0.125. The molecular weight excluding hydrogens is 312 g/mol. The molecule has 8 nitrogen and oxygen atoms in total. The minimum absolute atomic E-state index is 0.0251. The lowest BCUT2D eigenvalue weighted by Crippen LogP contribution is -2.39. The van der Waals surface area contributed by atoms with Crippen molar-refractivity contribution in [2.24, 2.45) is 14.1 Å². The van der Waals surface area contributed by atoms with E-state index in [0.717, 1.165) is 4.57 Å². The molecule has 3 aromatic heterocycles. The zero-order valence-corrected chi connectivity index (χ0v) is 12.9. The predicted octanol–water partition coefficient (Wildman–Crippen LogP) is 0.734. The van der Waals surface area contributed by atoms with Crippen molar-refractivity contribution in [2.75, 3.05) is 0 Å². The predicted molar refractivity (Wildman–Crippen MR) is 88.1 cm³/mol. The maximum atomic E-state index is 12.7. The normalized spacial score (nSPS) is 11.4. The molecule has 0 fully saturated rings. The highest BCUT2D eigenvalue weighted by atomic mass is 16.4. The van der Waals surface area contributed by atoms with Crippen LogP contribution in [-0.2, 0) is 14.1 Å². The Hall–Kier alpha value is -3.42. The zero-order chi connectivity index (χ0) is 17.0. The highest BCUT2D eigenvalue weighted by Gasteiger charge is 2.19. The third-order valence-corrected chi connectivity index (χ3v) is 3.99. The van der Waals surface area contributed by atoms with Gasteiger partial charge in [-0.25, -0.2) is 9.78 Å². The summed E-state index contributed by atoms with van der Waals surface area (Å²) in [4.78, 5) is 44.1. The van der Waals surface area contributed by atoms with Crippen LogP contribution in [0.15, 0.2) is 49.1 Å². The van der Waals surface area contributed by atoms with Gasteiger partial charge in [0, 0.05) is 19.7 Å². The fraction of sp³-hybridized carbons (Fsp3) is 0.125. The van der Waals surface area contributed by atoms with Crippen LogP contribution >= 0.6 is 0 Å². The molecule has 120 valence electrons. The summed E-state index contributed by atoms with van der Waals surface area (Å²) < 4.78 is 7.70. The van der Waals surface area contributed by atoms with Crippen LogP contribution in [-0.4, -0.2) is 19.1 Å². The van der Waals surface area contributed by atoms with E-state index in [1.165, 1.54) is 18.7 Å². The SMILES string of the molecule is Cn1c(=O)c2c(=O)c3nc(-c4ccccc4)oc3[nH]c2n(C)c1=O. The Morgan fingerprint density at radius 1 is 1.04 bits per heavy atom. The van der Waals surface area contributed by atoms with Crippen molar-refractivity contribution in [3.63, 3.8) is 0 Å². The molecular formula is C16H12N4O4. The smallest absolute Gasteiger partial charge is 0.332 e. The molecule has 0 unspecified atom stereocenters. The van der Waals surface area contributed by atoms with Gasteiger partial charge in [-0.1, -0.05) is 18.2 Å². The van der Waals surface area contributed by atoms with Crippen molar-refractivity contribution in [2.45, 2.75) is 0 Å². The van der Waals surface area contributed by atoms with E-state index < -0.39 is 16.7 Å². The molecule has 0 radical (unpaired) electrons. The molecule has 0 aliphatic heterocycles. The number of aromatic nitrogens is 4. The molecule has 0 bridgehead atoms. The van der Waals surface area contributed by atoms with E-state index in [9.17, 15) is 14.4 Å². The molecule has 0 atom stereocenters. The Morgan fingerprint density at radius 2 is 1.75 bits per heavy atom. The van der Waals surface area contributed by atoms with Gasteiger partial charge in [0.2, 0.25) is 17.0 Å². The molecule has 24 heavy (non-hydrogen) atoms. The topological polar surface area (TPSA) is 103 Å².